The summed E-state index contributed by atoms with van der Waals surface area (Å²) in [5, 5.41) is 0. The van der Waals surface area contributed by atoms with Crippen molar-refractivity contribution in [2.24, 2.45) is 0 Å². The summed E-state index contributed by atoms with van der Waals surface area (Å²) in [5.74, 6) is -0.818. The fraction of sp³-hybridized carbons (Fsp3) is 0.723. The van der Waals surface area contributed by atoms with Gasteiger partial charge in [-0.25, -0.2) is 0 Å². The number of quaternary nitrogens is 1. The number of rotatable bonds is 80. The first-order valence-electron chi connectivity index (χ1n) is 43.5. The lowest BCUT2D eigenvalue weighted by Gasteiger charge is -2.28. The molecule has 2 atom stereocenters. The zero-order chi connectivity index (χ0) is 75.4. The van der Waals surface area contributed by atoms with E-state index in [1.807, 2.05) is 21.1 Å². The van der Waals surface area contributed by atoms with Gasteiger partial charge in [-0.1, -0.05) is 404 Å². The molecule has 0 aromatic rings. The molecule has 0 aliphatic rings. The summed E-state index contributed by atoms with van der Waals surface area (Å²) in [6.07, 6.45) is 123. The largest absolute Gasteiger partial charge is 0.756 e. The molecule has 10 heteroatoms. The van der Waals surface area contributed by atoms with Gasteiger partial charge in [0.2, 0.25) is 0 Å². The average molecular weight is 1470 g/mol. The molecule has 0 amide bonds. The molecule has 0 rings (SSSR count). The fourth-order valence-electron chi connectivity index (χ4n) is 12.3. The van der Waals surface area contributed by atoms with Crippen LogP contribution in [0.15, 0.2) is 146 Å². The van der Waals surface area contributed by atoms with Gasteiger partial charge in [0.05, 0.1) is 27.7 Å². The Kier molecular flexibility index (Phi) is 79.7. The molecule has 0 heterocycles. The van der Waals surface area contributed by atoms with Crippen LogP contribution in [-0.2, 0) is 32.7 Å². The van der Waals surface area contributed by atoms with Crippen LogP contribution >= 0.6 is 7.82 Å². The van der Waals surface area contributed by atoms with Gasteiger partial charge in [0.15, 0.2) is 6.10 Å². The Morgan fingerprint density at radius 2 is 0.519 bits per heavy atom. The molecule has 0 bridgehead atoms. The van der Waals surface area contributed by atoms with Crippen LogP contribution in [0, 0.1) is 0 Å². The highest BCUT2D eigenvalue weighted by Crippen LogP contribution is 2.38. The van der Waals surface area contributed by atoms with E-state index in [1.54, 1.807) is 0 Å². The molecular formula is C94H164NO8P. The number of likely N-dealkylation sites (N-methyl/N-ethyl adjacent to an activating group) is 1. The molecule has 104 heavy (non-hydrogen) atoms. The summed E-state index contributed by atoms with van der Waals surface area (Å²) in [6.45, 7) is 4.06. The van der Waals surface area contributed by atoms with E-state index in [4.69, 9.17) is 18.5 Å². The number of phosphoric ester groups is 1. The minimum absolute atomic E-state index is 0.0322. The van der Waals surface area contributed by atoms with Crippen molar-refractivity contribution in [1.82, 2.24) is 0 Å². The number of hydrogen-bond donors (Lipinski definition) is 0. The second kappa shape index (κ2) is 82.9. The second-order valence-corrected chi connectivity index (χ2v) is 31.6. The quantitative estimate of drug-likeness (QED) is 0.0195. The van der Waals surface area contributed by atoms with Gasteiger partial charge in [-0.3, -0.25) is 14.2 Å². The Morgan fingerprint density at radius 3 is 0.769 bits per heavy atom. The first-order chi connectivity index (χ1) is 51.0. The van der Waals surface area contributed by atoms with Gasteiger partial charge in [0.25, 0.3) is 7.82 Å². The van der Waals surface area contributed by atoms with Crippen LogP contribution in [0.3, 0.4) is 0 Å². The maximum absolute atomic E-state index is 12.9. The van der Waals surface area contributed by atoms with E-state index < -0.39 is 26.5 Å². The number of hydrogen-bond acceptors (Lipinski definition) is 8. The standard InChI is InChI=1S/C94H164NO8P/c1-6-8-10-12-14-16-18-20-22-24-26-28-30-32-34-36-38-40-42-44-46-47-49-51-53-55-57-59-61-63-65-67-69-71-73-75-77-79-81-83-85-87-94(97)103-92(91-102-104(98,99)101-89-88-95(3,4)5)90-100-93(96)86-84-82-80-78-76-74-72-70-68-66-64-62-60-58-56-54-52-50-48-45-43-41-39-37-35-33-31-29-27-25-23-21-19-17-15-13-11-9-7-2/h8-11,14-17,20-23,26-29,32-35,38-41,92H,6-7,12-13,18-19,24-25,30-31,36-37,42-91H2,1-5H3/b10-8-,11-9-,16-14-,17-15-,22-20-,23-21-,28-26-,29-27-,34-32-,35-33-,40-38-,41-39-. The summed E-state index contributed by atoms with van der Waals surface area (Å²) in [4.78, 5) is 38.3. The zero-order valence-corrected chi connectivity index (χ0v) is 69.3. The van der Waals surface area contributed by atoms with Gasteiger partial charge in [-0.05, 0) is 116 Å². The van der Waals surface area contributed by atoms with Gasteiger partial charge in [0.1, 0.15) is 19.8 Å². The average Bonchev–Trinajstić information content (AvgIpc) is 0.920. The molecule has 0 radical (unpaired) electrons. The third-order valence-electron chi connectivity index (χ3n) is 18.9. The normalized spacial score (nSPS) is 13.7. The van der Waals surface area contributed by atoms with Crippen LogP contribution in [0.2, 0.25) is 0 Å². The van der Waals surface area contributed by atoms with E-state index in [1.165, 1.54) is 238 Å². The van der Waals surface area contributed by atoms with Crippen LogP contribution in [0.4, 0.5) is 0 Å². The zero-order valence-electron chi connectivity index (χ0n) is 68.4. The van der Waals surface area contributed by atoms with Crippen molar-refractivity contribution in [2.75, 3.05) is 47.5 Å². The third-order valence-corrected chi connectivity index (χ3v) is 19.8. The summed E-state index contributed by atoms with van der Waals surface area (Å²) in [5.41, 5.74) is 0. The van der Waals surface area contributed by atoms with Crippen molar-refractivity contribution in [3.8, 4) is 0 Å². The molecule has 0 aromatic carbocycles. The van der Waals surface area contributed by atoms with E-state index >= 15 is 0 Å². The lowest BCUT2D eigenvalue weighted by Crippen LogP contribution is -2.37. The number of unbranched alkanes of at least 4 members (excludes halogenated alkanes) is 42. The summed E-state index contributed by atoms with van der Waals surface area (Å²) >= 11 is 0. The van der Waals surface area contributed by atoms with E-state index in [-0.39, 0.29) is 32.0 Å². The van der Waals surface area contributed by atoms with Crippen LogP contribution in [0.1, 0.15) is 386 Å². The molecule has 0 spiro atoms. The summed E-state index contributed by atoms with van der Waals surface area (Å²) in [7, 11) is 1.18. The predicted octanol–water partition coefficient (Wildman–Crippen LogP) is 29.0. The predicted molar refractivity (Wildman–Crippen MR) is 452 cm³/mol. The van der Waals surface area contributed by atoms with E-state index in [2.05, 4.69) is 160 Å². The van der Waals surface area contributed by atoms with Gasteiger partial charge in [-0.15, -0.1) is 0 Å². The smallest absolute Gasteiger partial charge is 0.306 e. The van der Waals surface area contributed by atoms with Crippen molar-refractivity contribution in [1.29, 1.82) is 0 Å². The first-order valence-corrected chi connectivity index (χ1v) is 45.0. The number of allylic oxidation sites excluding steroid dienone is 24. The molecular weight excluding hydrogens is 1300 g/mol. The van der Waals surface area contributed by atoms with E-state index in [9.17, 15) is 19.0 Å². The SMILES string of the molecule is CC/C=C\C/C=C\C/C=C\C/C=C\C/C=C\C/C=C\CCCCCCCCCCCCCCCCCCCCCCCCC(=O)OC(COC(=O)CCCCCCCCCCCCCCCCCCCCCC/C=C\C/C=C\C/C=C\C/C=C\C/C=C\C/C=C\CC)COP(=O)([O-])OCC[N+](C)(C)C. The number of ether oxygens (including phenoxy) is 2. The number of carbonyl (C=O) groups excluding carboxylic acids is 2. The Bertz CT molecular complexity index is 2280. The van der Waals surface area contributed by atoms with Crippen LogP contribution < -0.4 is 4.89 Å². The van der Waals surface area contributed by atoms with Crippen LogP contribution in [0.5, 0.6) is 0 Å². The molecule has 598 valence electrons. The monoisotopic (exact) mass is 1470 g/mol. The Morgan fingerprint density at radius 1 is 0.298 bits per heavy atom. The lowest BCUT2D eigenvalue weighted by atomic mass is 10.0. The molecule has 0 N–H and O–H groups in total. The minimum Gasteiger partial charge on any atom is -0.756 e. The number of carbonyl (C=O) groups is 2. The molecule has 2 unspecified atom stereocenters. The highest BCUT2D eigenvalue weighted by Gasteiger charge is 2.22. The van der Waals surface area contributed by atoms with Crippen molar-refractivity contribution in [2.45, 2.75) is 392 Å². The van der Waals surface area contributed by atoms with Gasteiger partial charge >= 0.3 is 11.9 Å². The van der Waals surface area contributed by atoms with Crippen LogP contribution in [0.25, 0.3) is 0 Å². The molecule has 0 aliphatic carbocycles. The van der Waals surface area contributed by atoms with Crippen molar-refractivity contribution < 1.29 is 42.1 Å². The third kappa shape index (κ3) is 86.8. The minimum atomic E-state index is -4.65. The molecule has 0 aliphatic heterocycles. The highest BCUT2D eigenvalue weighted by atomic mass is 31.2. The van der Waals surface area contributed by atoms with E-state index in [0.29, 0.717) is 17.4 Å². The van der Waals surface area contributed by atoms with Gasteiger partial charge < -0.3 is 27.9 Å². The molecule has 0 fully saturated rings. The van der Waals surface area contributed by atoms with Crippen molar-refractivity contribution in [3.05, 3.63) is 146 Å². The Labute approximate surface area is 643 Å². The second-order valence-electron chi connectivity index (χ2n) is 30.1. The molecule has 9 nitrogen and oxygen atoms in total. The number of phosphoric acid groups is 1. The van der Waals surface area contributed by atoms with Gasteiger partial charge in [-0.2, -0.15) is 0 Å². The first kappa shape index (κ1) is 99.9. The highest BCUT2D eigenvalue weighted by molar-refractivity contribution is 7.45. The number of esters is 2. The van der Waals surface area contributed by atoms with E-state index in [0.717, 1.165) is 116 Å². The van der Waals surface area contributed by atoms with Crippen molar-refractivity contribution >= 4 is 19.8 Å². The van der Waals surface area contributed by atoms with Gasteiger partial charge in [0, 0.05) is 12.8 Å². The summed E-state index contributed by atoms with van der Waals surface area (Å²) in [6, 6.07) is 0. The Balaban J connectivity index is 3.90. The topological polar surface area (TPSA) is 111 Å². The van der Waals surface area contributed by atoms with Crippen LogP contribution in [-0.4, -0.2) is 70.0 Å². The fourth-order valence-corrected chi connectivity index (χ4v) is 13.0. The maximum atomic E-state index is 12.9. The molecule has 0 saturated carbocycles. The van der Waals surface area contributed by atoms with Crippen molar-refractivity contribution in [3.63, 3.8) is 0 Å². The lowest BCUT2D eigenvalue weighted by molar-refractivity contribution is -0.870. The summed E-state index contributed by atoms with van der Waals surface area (Å²) < 4.78 is 34.5. The maximum Gasteiger partial charge on any atom is 0.306 e. The molecule has 0 saturated heterocycles. The number of nitrogens with zero attached hydrogens (tertiary/aromatic N) is 1. The Hall–Kier alpha value is -4.11. The molecule has 0 aromatic heterocycles.